The van der Waals surface area contributed by atoms with Crippen molar-refractivity contribution >= 4 is 29.6 Å². The zero-order valence-electron chi connectivity index (χ0n) is 9.79. The summed E-state index contributed by atoms with van der Waals surface area (Å²) in [6, 6.07) is 6.08. The third-order valence-electron chi connectivity index (χ3n) is 3.23. The first-order chi connectivity index (χ1) is 6.77. The maximum absolute atomic E-state index is 9.84. The van der Waals surface area contributed by atoms with Crippen molar-refractivity contribution in [1.29, 1.82) is 0 Å². The van der Waals surface area contributed by atoms with Gasteiger partial charge in [0.15, 0.2) is 0 Å². The van der Waals surface area contributed by atoms with Crippen molar-refractivity contribution in [3.8, 4) is 5.75 Å². The summed E-state index contributed by atoms with van der Waals surface area (Å²) in [5.41, 5.74) is 2.30. The summed E-state index contributed by atoms with van der Waals surface area (Å²) >= 11 is 0. The van der Waals surface area contributed by atoms with Crippen molar-refractivity contribution < 1.29 is 5.11 Å². The van der Waals surface area contributed by atoms with Crippen molar-refractivity contribution in [2.45, 2.75) is 44.9 Å². The molecule has 0 heterocycles. The fraction of sp³-hybridized carbons (Fsp3) is 0.538. The van der Waals surface area contributed by atoms with Crippen LogP contribution < -0.4 is 0 Å². The predicted molar refractivity (Wildman–Crippen MR) is 64.4 cm³/mol. The van der Waals surface area contributed by atoms with Gasteiger partial charge in [0.05, 0.1) is 0 Å². The molecular formula is C13H18NaO. The Bertz CT molecular complexity index is 316. The molecule has 1 radical (unpaired) electrons. The monoisotopic (exact) mass is 213 g/mol. The zero-order chi connectivity index (χ0) is 9.97. The topological polar surface area (TPSA) is 20.2 Å². The van der Waals surface area contributed by atoms with E-state index in [9.17, 15) is 5.11 Å². The summed E-state index contributed by atoms with van der Waals surface area (Å²) < 4.78 is 0. The van der Waals surface area contributed by atoms with E-state index in [1.54, 1.807) is 0 Å². The first-order valence-electron chi connectivity index (χ1n) is 5.57. The summed E-state index contributed by atoms with van der Waals surface area (Å²) in [5.74, 6) is 1.10. The molecule has 0 spiro atoms. The molecule has 0 aliphatic heterocycles. The number of phenols is 1. The van der Waals surface area contributed by atoms with Crippen LogP contribution >= 0.6 is 0 Å². The van der Waals surface area contributed by atoms with Gasteiger partial charge in [0.25, 0.3) is 0 Å². The van der Waals surface area contributed by atoms with E-state index in [4.69, 9.17) is 0 Å². The van der Waals surface area contributed by atoms with E-state index in [1.807, 2.05) is 13.0 Å². The molecule has 2 rings (SSSR count). The van der Waals surface area contributed by atoms with E-state index in [0.717, 1.165) is 11.1 Å². The van der Waals surface area contributed by atoms with Crippen LogP contribution in [0.15, 0.2) is 18.2 Å². The first kappa shape index (κ1) is 13.1. The molecule has 0 bridgehead atoms. The number of benzene rings is 1. The van der Waals surface area contributed by atoms with Gasteiger partial charge in [0, 0.05) is 29.6 Å². The van der Waals surface area contributed by atoms with E-state index < -0.39 is 0 Å². The summed E-state index contributed by atoms with van der Waals surface area (Å²) in [5, 5.41) is 9.84. The van der Waals surface area contributed by atoms with Gasteiger partial charge in [-0.25, -0.2) is 0 Å². The average Bonchev–Trinajstić information content (AvgIpc) is 2.19. The van der Waals surface area contributed by atoms with E-state index in [-0.39, 0.29) is 29.6 Å². The Balaban J connectivity index is 0.00000112. The van der Waals surface area contributed by atoms with E-state index in [1.165, 1.54) is 32.1 Å². The molecule has 1 nitrogen and oxygen atoms in total. The number of phenolic OH excluding ortho intramolecular Hbond substituents is 1. The van der Waals surface area contributed by atoms with Crippen LogP contribution in [0.25, 0.3) is 0 Å². The standard InChI is InChI=1S/C13H18O.Na/c1-10-7-8-12(13(14)9-10)11-5-3-2-4-6-11;/h7-9,11,14H,2-6H2,1H3;. The second-order valence-electron chi connectivity index (χ2n) is 4.40. The number of hydrogen-bond acceptors (Lipinski definition) is 1. The van der Waals surface area contributed by atoms with Crippen molar-refractivity contribution in [3.05, 3.63) is 29.3 Å². The SMILES string of the molecule is Cc1ccc(C2CCCCC2)c(O)c1.[Na]. The average molecular weight is 213 g/mol. The van der Waals surface area contributed by atoms with Crippen LogP contribution in [0.2, 0.25) is 0 Å². The summed E-state index contributed by atoms with van der Waals surface area (Å²) in [4.78, 5) is 0. The van der Waals surface area contributed by atoms with Gasteiger partial charge in [-0.15, -0.1) is 0 Å². The fourth-order valence-electron chi connectivity index (χ4n) is 2.41. The van der Waals surface area contributed by atoms with Gasteiger partial charge in [-0.2, -0.15) is 0 Å². The van der Waals surface area contributed by atoms with Gasteiger partial charge in [-0.3, -0.25) is 0 Å². The van der Waals surface area contributed by atoms with Gasteiger partial charge >= 0.3 is 0 Å². The van der Waals surface area contributed by atoms with Crippen LogP contribution in [0.3, 0.4) is 0 Å². The van der Waals surface area contributed by atoms with Crippen molar-refractivity contribution in [3.63, 3.8) is 0 Å². The number of aromatic hydroxyl groups is 1. The Morgan fingerprint density at radius 3 is 2.40 bits per heavy atom. The molecule has 1 aromatic carbocycles. The Morgan fingerprint density at radius 2 is 1.80 bits per heavy atom. The molecule has 77 valence electrons. The van der Waals surface area contributed by atoms with Crippen LogP contribution in [0.4, 0.5) is 0 Å². The normalized spacial score (nSPS) is 17.1. The summed E-state index contributed by atoms with van der Waals surface area (Å²) in [7, 11) is 0. The van der Waals surface area contributed by atoms with Gasteiger partial charge in [0.1, 0.15) is 5.75 Å². The Hall–Kier alpha value is 0.0200. The minimum atomic E-state index is 0. The molecule has 1 saturated carbocycles. The van der Waals surface area contributed by atoms with Crippen LogP contribution in [0.5, 0.6) is 5.75 Å². The van der Waals surface area contributed by atoms with Gasteiger partial charge in [-0.1, -0.05) is 31.4 Å². The fourth-order valence-corrected chi connectivity index (χ4v) is 2.41. The van der Waals surface area contributed by atoms with Crippen LogP contribution in [0, 0.1) is 6.92 Å². The largest absolute Gasteiger partial charge is 0.508 e. The van der Waals surface area contributed by atoms with Gasteiger partial charge in [0.2, 0.25) is 0 Å². The van der Waals surface area contributed by atoms with Gasteiger partial charge in [-0.05, 0) is 42.9 Å². The Kier molecular flexibility index (Phi) is 5.17. The molecule has 0 unspecified atom stereocenters. The first-order valence-corrected chi connectivity index (χ1v) is 5.57. The molecule has 0 saturated heterocycles. The van der Waals surface area contributed by atoms with E-state index in [0.29, 0.717) is 11.7 Å². The van der Waals surface area contributed by atoms with Crippen molar-refractivity contribution in [2.24, 2.45) is 0 Å². The predicted octanol–water partition coefficient (Wildman–Crippen LogP) is 3.37. The number of hydrogen-bond donors (Lipinski definition) is 1. The third kappa shape index (κ3) is 3.24. The molecule has 1 fully saturated rings. The summed E-state index contributed by atoms with van der Waals surface area (Å²) in [6.07, 6.45) is 6.49. The van der Waals surface area contributed by atoms with Crippen LogP contribution in [-0.2, 0) is 0 Å². The summed E-state index contributed by atoms with van der Waals surface area (Å²) in [6.45, 7) is 2.02. The van der Waals surface area contributed by atoms with Crippen molar-refractivity contribution in [2.75, 3.05) is 0 Å². The van der Waals surface area contributed by atoms with Crippen molar-refractivity contribution in [1.82, 2.24) is 0 Å². The van der Waals surface area contributed by atoms with E-state index >= 15 is 0 Å². The van der Waals surface area contributed by atoms with Crippen LogP contribution in [0.1, 0.15) is 49.1 Å². The molecule has 1 aromatic rings. The second-order valence-corrected chi connectivity index (χ2v) is 4.40. The van der Waals surface area contributed by atoms with E-state index in [2.05, 4.69) is 12.1 Å². The molecule has 15 heavy (non-hydrogen) atoms. The van der Waals surface area contributed by atoms with Crippen LogP contribution in [-0.4, -0.2) is 34.7 Å². The quantitative estimate of drug-likeness (QED) is 0.709. The number of aryl methyl sites for hydroxylation is 1. The molecule has 1 aliphatic carbocycles. The van der Waals surface area contributed by atoms with Gasteiger partial charge < -0.3 is 5.11 Å². The second kappa shape index (κ2) is 5.93. The Labute approximate surface area is 114 Å². The maximum Gasteiger partial charge on any atom is 0.119 e. The molecular weight excluding hydrogens is 195 g/mol. The molecule has 2 heteroatoms. The smallest absolute Gasteiger partial charge is 0.119 e. The minimum absolute atomic E-state index is 0. The molecule has 0 amide bonds. The number of rotatable bonds is 1. The Morgan fingerprint density at radius 1 is 1.13 bits per heavy atom. The molecule has 1 aliphatic rings. The molecule has 0 atom stereocenters. The maximum atomic E-state index is 9.84. The minimum Gasteiger partial charge on any atom is -0.508 e. The third-order valence-corrected chi connectivity index (χ3v) is 3.23. The molecule has 0 aromatic heterocycles. The zero-order valence-corrected chi connectivity index (χ0v) is 11.8. The molecule has 1 N–H and O–H groups in total.